The summed E-state index contributed by atoms with van der Waals surface area (Å²) in [5.41, 5.74) is 2.03. The van der Waals surface area contributed by atoms with E-state index in [1.165, 1.54) is 12.5 Å². The summed E-state index contributed by atoms with van der Waals surface area (Å²) < 4.78 is 0. The molecule has 5 nitrogen and oxygen atoms in total. The molecule has 0 aliphatic carbocycles. The molecule has 0 atom stereocenters. The monoisotopic (exact) mass is 330 g/mol. The van der Waals surface area contributed by atoms with E-state index in [1.807, 2.05) is 30.3 Å². The van der Waals surface area contributed by atoms with Gasteiger partial charge in [-0.1, -0.05) is 18.2 Å². The lowest BCUT2D eigenvalue weighted by atomic mass is 10.1. The summed E-state index contributed by atoms with van der Waals surface area (Å²) in [6, 6.07) is 7.91. The molecule has 5 heteroatoms. The fourth-order valence-corrected chi connectivity index (χ4v) is 2.30. The van der Waals surface area contributed by atoms with Gasteiger partial charge < -0.3 is 15.5 Å². The highest BCUT2D eigenvalue weighted by molar-refractivity contribution is 5.88. The molecule has 1 amide bonds. The van der Waals surface area contributed by atoms with Gasteiger partial charge in [-0.25, -0.2) is 0 Å². The summed E-state index contributed by atoms with van der Waals surface area (Å²) in [4.78, 5) is 17.9. The standard InChI is InChI=1S/C19H30N4O/c1-5-7-8-15-23(4)19(20-6-2)21-14-13-17-9-11-18(12-10-17)22-16(3)24/h5,9-12H,1,6-8,13-15H2,2-4H3,(H,20,21)(H,22,24). The first-order valence-electron chi connectivity index (χ1n) is 8.53. The van der Waals surface area contributed by atoms with Gasteiger partial charge >= 0.3 is 0 Å². The van der Waals surface area contributed by atoms with Gasteiger partial charge in [0.25, 0.3) is 0 Å². The average Bonchev–Trinajstić information content (AvgIpc) is 2.55. The molecule has 0 aliphatic rings. The quantitative estimate of drug-likeness (QED) is 0.317. The minimum atomic E-state index is -0.0536. The molecule has 0 radical (unpaired) electrons. The number of guanidine groups is 1. The van der Waals surface area contributed by atoms with Gasteiger partial charge in [-0.2, -0.15) is 0 Å². The topological polar surface area (TPSA) is 56.7 Å². The zero-order valence-corrected chi connectivity index (χ0v) is 15.1. The van der Waals surface area contributed by atoms with Crippen molar-refractivity contribution in [3.8, 4) is 0 Å². The molecule has 0 bridgehead atoms. The Hall–Kier alpha value is -2.30. The lowest BCUT2D eigenvalue weighted by Crippen LogP contribution is -2.39. The third kappa shape index (κ3) is 7.81. The van der Waals surface area contributed by atoms with Gasteiger partial charge in [-0.05, 0) is 43.9 Å². The lowest BCUT2D eigenvalue weighted by molar-refractivity contribution is -0.114. The highest BCUT2D eigenvalue weighted by Gasteiger charge is 2.04. The van der Waals surface area contributed by atoms with Crippen molar-refractivity contribution in [1.29, 1.82) is 0 Å². The second kappa shape index (κ2) is 11.3. The molecule has 0 aromatic heterocycles. The zero-order chi connectivity index (χ0) is 17.8. The van der Waals surface area contributed by atoms with Gasteiger partial charge in [0.1, 0.15) is 0 Å². The Labute approximate surface area is 145 Å². The van der Waals surface area contributed by atoms with Crippen LogP contribution in [0.15, 0.2) is 41.9 Å². The second-order valence-corrected chi connectivity index (χ2v) is 5.72. The largest absolute Gasteiger partial charge is 0.357 e. The number of rotatable bonds is 9. The number of allylic oxidation sites excluding steroid dienone is 1. The predicted octanol–water partition coefficient (Wildman–Crippen LogP) is 3.05. The minimum absolute atomic E-state index is 0.0536. The molecule has 0 heterocycles. The van der Waals surface area contributed by atoms with E-state index in [0.717, 1.165) is 50.5 Å². The maximum Gasteiger partial charge on any atom is 0.221 e. The van der Waals surface area contributed by atoms with Crippen molar-refractivity contribution in [2.24, 2.45) is 4.99 Å². The molecule has 0 fully saturated rings. The summed E-state index contributed by atoms with van der Waals surface area (Å²) >= 11 is 0. The van der Waals surface area contributed by atoms with Gasteiger partial charge in [0.05, 0.1) is 0 Å². The van der Waals surface area contributed by atoms with Crippen molar-refractivity contribution in [3.05, 3.63) is 42.5 Å². The maximum atomic E-state index is 11.0. The summed E-state index contributed by atoms with van der Waals surface area (Å²) in [6.07, 6.45) is 4.91. The molecule has 0 saturated carbocycles. The zero-order valence-electron chi connectivity index (χ0n) is 15.1. The van der Waals surface area contributed by atoms with Crippen LogP contribution in [0, 0.1) is 0 Å². The smallest absolute Gasteiger partial charge is 0.221 e. The Balaban J connectivity index is 2.53. The Morgan fingerprint density at radius 3 is 2.62 bits per heavy atom. The van der Waals surface area contributed by atoms with Crippen LogP contribution in [0.2, 0.25) is 0 Å². The van der Waals surface area contributed by atoms with Gasteiger partial charge in [0.15, 0.2) is 5.96 Å². The first-order chi connectivity index (χ1) is 11.6. The normalized spacial score (nSPS) is 11.0. The molecule has 0 unspecified atom stereocenters. The lowest BCUT2D eigenvalue weighted by Gasteiger charge is -2.21. The molecule has 1 aromatic carbocycles. The van der Waals surface area contributed by atoms with E-state index < -0.39 is 0 Å². The summed E-state index contributed by atoms with van der Waals surface area (Å²) in [7, 11) is 2.06. The van der Waals surface area contributed by atoms with E-state index in [4.69, 9.17) is 4.99 Å². The predicted molar refractivity (Wildman–Crippen MR) is 102 cm³/mol. The molecule has 0 spiro atoms. The van der Waals surface area contributed by atoms with Crippen LogP contribution in [-0.4, -0.2) is 43.4 Å². The third-order valence-corrected chi connectivity index (χ3v) is 3.53. The number of nitrogens with zero attached hydrogens (tertiary/aromatic N) is 2. The van der Waals surface area contributed by atoms with E-state index in [1.54, 1.807) is 0 Å². The number of carbonyl (C=O) groups excluding carboxylic acids is 1. The number of carbonyl (C=O) groups is 1. The van der Waals surface area contributed by atoms with Crippen molar-refractivity contribution < 1.29 is 4.79 Å². The number of unbranched alkanes of at least 4 members (excludes halogenated alkanes) is 1. The molecule has 24 heavy (non-hydrogen) atoms. The van der Waals surface area contributed by atoms with Gasteiger partial charge in [-0.3, -0.25) is 9.79 Å². The highest BCUT2D eigenvalue weighted by atomic mass is 16.1. The Morgan fingerprint density at radius 1 is 1.33 bits per heavy atom. The van der Waals surface area contributed by atoms with Crippen molar-refractivity contribution in [3.63, 3.8) is 0 Å². The SMILES string of the molecule is C=CCCCN(C)C(=NCCc1ccc(NC(C)=O)cc1)NCC. The number of aliphatic imine (C=N–C) groups is 1. The second-order valence-electron chi connectivity index (χ2n) is 5.72. The van der Waals surface area contributed by atoms with E-state index in [0.29, 0.717) is 0 Å². The van der Waals surface area contributed by atoms with Crippen LogP contribution >= 0.6 is 0 Å². The highest BCUT2D eigenvalue weighted by Crippen LogP contribution is 2.10. The number of benzene rings is 1. The first-order valence-corrected chi connectivity index (χ1v) is 8.53. The van der Waals surface area contributed by atoms with Crippen LogP contribution in [0.25, 0.3) is 0 Å². The Bertz CT molecular complexity index is 537. The van der Waals surface area contributed by atoms with Crippen LogP contribution in [0.5, 0.6) is 0 Å². The van der Waals surface area contributed by atoms with E-state index >= 15 is 0 Å². The Kier molecular flexibility index (Phi) is 9.27. The Morgan fingerprint density at radius 2 is 2.04 bits per heavy atom. The van der Waals surface area contributed by atoms with Gasteiger partial charge in [0, 0.05) is 39.3 Å². The molecule has 1 rings (SSSR count). The first kappa shape index (κ1) is 19.7. The van der Waals surface area contributed by atoms with E-state index in [-0.39, 0.29) is 5.91 Å². The fraction of sp³-hybridized carbons (Fsp3) is 0.474. The van der Waals surface area contributed by atoms with Crippen molar-refractivity contribution in [2.75, 3.05) is 32.0 Å². The van der Waals surface area contributed by atoms with Crippen LogP contribution in [0.3, 0.4) is 0 Å². The van der Waals surface area contributed by atoms with Crippen molar-refractivity contribution in [1.82, 2.24) is 10.2 Å². The fourth-order valence-electron chi connectivity index (χ4n) is 2.30. The molecule has 0 saturated heterocycles. The van der Waals surface area contributed by atoms with Gasteiger partial charge in [0.2, 0.25) is 5.91 Å². The molecule has 132 valence electrons. The van der Waals surface area contributed by atoms with E-state index in [9.17, 15) is 4.79 Å². The van der Waals surface area contributed by atoms with Crippen LogP contribution in [0.4, 0.5) is 5.69 Å². The molecule has 1 aromatic rings. The third-order valence-electron chi connectivity index (χ3n) is 3.53. The van der Waals surface area contributed by atoms with Crippen LogP contribution in [0.1, 0.15) is 32.3 Å². The molecule has 0 aliphatic heterocycles. The van der Waals surface area contributed by atoms with E-state index in [2.05, 4.69) is 36.1 Å². The molecule has 2 N–H and O–H groups in total. The average molecular weight is 330 g/mol. The summed E-state index contributed by atoms with van der Waals surface area (Å²) in [5.74, 6) is 0.888. The van der Waals surface area contributed by atoms with Crippen LogP contribution in [-0.2, 0) is 11.2 Å². The number of anilines is 1. The summed E-state index contributed by atoms with van der Waals surface area (Å²) in [5, 5.41) is 6.10. The molecular formula is C19H30N4O. The summed E-state index contributed by atoms with van der Waals surface area (Å²) in [6.45, 7) is 9.89. The van der Waals surface area contributed by atoms with Crippen LogP contribution < -0.4 is 10.6 Å². The number of hydrogen-bond donors (Lipinski definition) is 2. The number of hydrogen-bond acceptors (Lipinski definition) is 2. The molecular weight excluding hydrogens is 300 g/mol. The van der Waals surface area contributed by atoms with Crippen molar-refractivity contribution in [2.45, 2.75) is 33.1 Å². The number of amides is 1. The van der Waals surface area contributed by atoms with Gasteiger partial charge in [-0.15, -0.1) is 6.58 Å². The number of nitrogens with one attached hydrogen (secondary N) is 2. The maximum absolute atomic E-state index is 11.0. The minimum Gasteiger partial charge on any atom is -0.357 e. The van der Waals surface area contributed by atoms with Crippen molar-refractivity contribution >= 4 is 17.6 Å².